The molecule has 2 heterocycles. The molecule has 1 aliphatic rings. The van der Waals surface area contributed by atoms with Gasteiger partial charge in [0.25, 0.3) is 0 Å². The molecule has 4 heteroatoms. The van der Waals surface area contributed by atoms with Crippen LogP contribution in [0, 0.1) is 18.8 Å². The number of aromatic nitrogens is 2. The maximum absolute atomic E-state index is 6.00. The third-order valence-corrected chi connectivity index (χ3v) is 3.69. The van der Waals surface area contributed by atoms with Gasteiger partial charge in [0.05, 0.1) is 0 Å². The third kappa shape index (κ3) is 2.57. The van der Waals surface area contributed by atoms with Crippen molar-refractivity contribution < 1.29 is 0 Å². The zero-order valence-electron chi connectivity index (χ0n) is 11.9. The minimum Gasteiger partial charge on any atom is -0.383 e. The molecule has 1 aromatic rings. The fraction of sp³-hybridized carbons (Fsp3) is 0.714. The minimum atomic E-state index is 0.628. The van der Waals surface area contributed by atoms with Crippen LogP contribution < -0.4 is 10.6 Å². The van der Waals surface area contributed by atoms with Crippen molar-refractivity contribution in [3.8, 4) is 0 Å². The second-order valence-corrected chi connectivity index (χ2v) is 5.68. The van der Waals surface area contributed by atoms with Gasteiger partial charge in [0, 0.05) is 25.1 Å². The van der Waals surface area contributed by atoms with E-state index in [1.165, 1.54) is 6.42 Å². The second kappa shape index (κ2) is 5.12. The van der Waals surface area contributed by atoms with Crippen LogP contribution in [0.15, 0.2) is 0 Å². The number of rotatable bonds is 2. The van der Waals surface area contributed by atoms with Crippen molar-refractivity contribution in [3.63, 3.8) is 0 Å². The van der Waals surface area contributed by atoms with E-state index in [0.717, 1.165) is 48.6 Å². The summed E-state index contributed by atoms with van der Waals surface area (Å²) in [5.74, 6) is 3.95. The molecule has 18 heavy (non-hydrogen) atoms. The molecule has 1 fully saturated rings. The normalized spacial score (nSPS) is 24.3. The Balaban J connectivity index is 2.34. The van der Waals surface area contributed by atoms with E-state index in [9.17, 15) is 0 Å². The molecule has 0 radical (unpaired) electrons. The lowest BCUT2D eigenvalue weighted by Gasteiger charge is -2.36. The Kier molecular flexibility index (Phi) is 3.73. The van der Waals surface area contributed by atoms with Gasteiger partial charge in [-0.05, 0) is 25.2 Å². The fourth-order valence-corrected chi connectivity index (χ4v) is 2.87. The van der Waals surface area contributed by atoms with Crippen LogP contribution in [-0.2, 0) is 6.42 Å². The summed E-state index contributed by atoms with van der Waals surface area (Å²) in [6.07, 6.45) is 2.13. The predicted molar refractivity (Wildman–Crippen MR) is 75.7 cm³/mol. The number of nitrogens with two attached hydrogens (primary N) is 1. The van der Waals surface area contributed by atoms with Crippen LogP contribution in [-0.4, -0.2) is 23.1 Å². The van der Waals surface area contributed by atoms with Crippen molar-refractivity contribution in [3.05, 3.63) is 11.4 Å². The molecule has 1 saturated heterocycles. The molecule has 4 nitrogen and oxygen atoms in total. The molecule has 0 amide bonds. The second-order valence-electron chi connectivity index (χ2n) is 5.68. The minimum absolute atomic E-state index is 0.628. The maximum Gasteiger partial charge on any atom is 0.137 e. The van der Waals surface area contributed by atoms with Gasteiger partial charge in [-0.25, -0.2) is 9.97 Å². The quantitative estimate of drug-likeness (QED) is 0.873. The first-order chi connectivity index (χ1) is 8.51. The van der Waals surface area contributed by atoms with Gasteiger partial charge in [-0.1, -0.05) is 20.8 Å². The van der Waals surface area contributed by atoms with Crippen LogP contribution in [0.25, 0.3) is 0 Å². The van der Waals surface area contributed by atoms with Crippen molar-refractivity contribution in [2.75, 3.05) is 23.7 Å². The number of hydrogen-bond acceptors (Lipinski definition) is 4. The lowest BCUT2D eigenvalue weighted by molar-refractivity contribution is 0.355. The Morgan fingerprint density at radius 1 is 1.22 bits per heavy atom. The molecule has 2 N–H and O–H groups in total. The van der Waals surface area contributed by atoms with Crippen molar-refractivity contribution in [2.45, 2.75) is 40.5 Å². The Morgan fingerprint density at radius 3 is 2.39 bits per heavy atom. The molecule has 1 aliphatic heterocycles. The Hall–Kier alpha value is -1.32. The lowest BCUT2D eigenvalue weighted by atomic mass is 9.92. The van der Waals surface area contributed by atoms with E-state index in [-0.39, 0.29) is 0 Å². The van der Waals surface area contributed by atoms with E-state index in [0.29, 0.717) is 5.82 Å². The third-order valence-electron chi connectivity index (χ3n) is 3.69. The van der Waals surface area contributed by atoms with Gasteiger partial charge in [0.2, 0.25) is 0 Å². The van der Waals surface area contributed by atoms with Crippen molar-refractivity contribution in [2.24, 2.45) is 11.8 Å². The van der Waals surface area contributed by atoms with Gasteiger partial charge in [-0.15, -0.1) is 0 Å². The van der Waals surface area contributed by atoms with Gasteiger partial charge in [-0.3, -0.25) is 0 Å². The first-order valence-electron chi connectivity index (χ1n) is 6.89. The summed E-state index contributed by atoms with van der Waals surface area (Å²) in [5.41, 5.74) is 7.02. The summed E-state index contributed by atoms with van der Waals surface area (Å²) in [4.78, 5) is 11.4. The number of aryl methyl sites for hydroxylation is 1. The number of nitrogen functional groups attached to an aromatic ring is 1. The number of anilines is 2. The molecular formula is C14H24N4. The van der Waals surface area contributed by atoms with Crippen LogP contribution in [0.1, 0.15) is 38.6 Å². The molecule has 2 unspecified atom stereocenters. The first-order valence-corrected chi connectivity index (χ1v) is 6.89. The summed E-state index contributed by atoms with van der Waals surface area (Å²) in [6.45, 7) is 10.9. The number of piperidine rings is 1. The van der Waals surface area contributed by atoms with E-state index >= 15 is 0 Å². The zero-order chi connectivity index (χ0) is 13.3. The van der Waals surface area contributed by atoms with Crippen LogP contribution in [0.4, 0.5) is 11.6 Å². The zero-order valence-corrected chi connectivity index (χ0v) is 11.9. The Morgan fingerprint density at radius 2 is 1.83 bits per heavy atom. The smallest absolute Gasteiger partial charge is 0.137 e. The van der Waals surface area contributed by atoms with E-state index in [4.69, 9.17) is 5.73 Å². The maximum atomic E-state index is 6.00. The highest BCUT2D eigenvalue weighted by Gasteiger charge is 2.24. The highest BCUT2D eigenvalue weighted by molar-refractivity contribution is 5.56. The van der Waals surface area contributed by atoms with Gasteiger partial charge in [0.15, 0.2) is 0 Å². The van der Waals surface area contributed by atoms with Crippen molar-refractivity contribution >= 4 is 11.6 Å². The van der Waals surface area contributed by atoms with Crippen LogP contribution >= 0.6 is 0 Å². The molecule has 0 saturated carbocycles. The molecule has 1 aromatic heterocycles. The Bertz CT molecular complexity index is 420. The monoisotopic (exact) mass is 248 g/mol. The summed E-state index contributed by atoms with van der Waals surface area (Å²) in [5, 5.41) is 0. The summed E-state index contributed by atoms with van der Waals surface area (Å²) < 4.78 is 0. The molecule has 2 atom stereocenters. The largest absolute Gasteiger partial charge is 0.383 e. The van der Waals surface area contributed by atoms with E-state index in [1.807, 2.05) is 6.92 Å². The molecule has 2 rings (SSSR count). The molecule has 0 aliphatic carbocycles. The molecule has 0 aromatic carbocycles. The number of nitrogens with zero attached hydrogens (tertiary/aromatic N) is 3. The highest BCUT2D eigenvalue weighted by Crippen LogP contribution is 2.28. The van der Waals surface area contributed by atoms with Crippen molar-refractivity contribution in [1.82, 2.24) is 9.97 Å². The predicted octanol–water partition coefficient (Wildman–Crippen LogP) is 2.41. The molecule has 0 bridgehead atoms. The van der Waals surface area contributed by atoms with Crippen LogP contribution in [0.5, 0.6) is 0 Å². The van der Waals surface area contributed by atoms with Crippen LogP contribution in [0.2, 0.25) is 0 Å². The average molecular weight is 248 g/mol. The highest BCUT2D eigenvalue weighted by atomic mass is 15.2. The van der Waals surface area contributed by atoms with Gasteiger partial charge in [-0.2, -0.15) is 0 Å². The van der Waals surface area contributed by atoms with Crippen molar-refractivity contribution in [1.29, 1.82) is 0 Å². The van der Waals surface area contributed by atoms with Gasteiger partial charge < -0.3 is 10.6 Å². The number of hydrogen-bond donors (Lipinski definition) is 1. The molecule has 0 spiro atoms. The van der Waals surface area contributed by atoms with E-state index in [1.54, 1.807) is 0 Å². The standard InChI is InChI=1S/C14H24N4/c1-5-12-16-13(15)11(4)14(17-12)18-7-9(2)6-10(3)8-18/h9-10H,5-8H2,1-4H3,(H2,15,16,17). The van der Waals surface area contributed by atoms with Gasteiger partial charge in [0.1, 0.15) is 17.5 Å². The Labute approximate surface area is 110 Å². The summed E-state index contributed by atoms with van der Waals surface area (Å²) >= 11 is 0. The average Bonchev–Trinajstić information content (AvgIpc) is 2.31. The SMILES string of the molecule is CCc1nc(N)c(C)c(N2CC(C)CC(C)C2)n1. The first kappa shape index (κ1) is 13.1. The lowest BCUT2D eigenvalue weighted by Crippen LogP contribution is -2.39. The fourth-order valence-electron chi connectivity index (χ4n) is 2.87. The van der Waals surface area contributed by atoms with E-state index in [2.05, 4.69) is 35.6 Å². The summed E-state index contributed by atoms with van der Waals surface area (Å²) in [7, 11) is 0. The molecule has 100 valence electrons. The molecular weight excluding hydrogens is 224 g/mol. The van der Waals surface area contributed by atoms with Crippen LogP contribution in [0.3, 0.4) is 0 Å². The van der Waals surface area contributed by atoms with Gasteiger partial charge >= 0.3 is 0 Å². The topological polar surface area (TPSA) is 55.0 Å². The summed E-state index contributed by atoms with van der Waals surface area (Å²) in [6, 6.07) is 0. The van der Waals surface area contributed by atoms with E-state index < -0.39 is 0 Å².